The summed E-state index contributed by atoms with van der Waals surface area (Å²) in [5.74, 6) is 0. The Labute approximate surface area is 85.5 Å². The van der Waals surface area contributed by atoms with Crippen molar-refractivity contribution in [1.82, 2.24) is 9.13 Å². The van der Waals surface area contributed by atoms with Crippen LogP contribution in [0.15, 0.2) is 17.2 Å². The van der Waals surface area contributed by atoms with E-state index in [1.54, 1.807) is 24.0 Å². The van der Waals surface area contributed by atoms with E-state index in [-0.39, 0.29) is 5.56 Å². The first-order valence-electron chi connectivity index (χ1n) is 4.12. The summed E-state index contributed by atoms with van der Waals surface area (Å²) in [5, 5.41) is 1.02. The lowest BCUT2D eigenvalue weighted by atomic mass is 10.3. The number of rotatable bonds is 0. The molecule has 4 nitrogen and oxygen atoms in total. The van der Waals surface area contributed by atoms with Crippen LogP contribution in [0.4, 0.5) is 5.69 Å². The van der Waals surface area contributed by atoms with Gasteiger partial charge in [-0.1, -0.05) is 11.6 Å². The quantitative estimate of drug-likeness (QED) is 0.710. The second-order valence-corrected chi connectivity index (χ2v) is 3.72. The lowest BCUT2D eigenvalue weighted by Crippen LogP contribution is -2.16. The van der Waals surface area contributed by atoms with Gasteiger partial charge in [0.25, 0.3) is 5.56 Å². The van der Waals surface area contributed by atoms with Crippen molar-refractivity contribution in [2.45, 2.75) is 0 Å². The van der Waals surface area contributed by atoms with Gasteiger partial charge in [0.15, 0.2) is 0 Å². The zero-order valence-electron chi connectivity index (χ0n) is 7.91. The van der Waals surface area contributed by atoms with E-state index in [0.29, 0.717) is 21.6 Å². The van der Waals surface area contributed by atoms with Gasteiger partial charge in [-0.05, 0) is 0 Å². The molecule has 0 aliphatic carbocycles. The van der Waals surface area contributed by atoms with Crippen molar-refractivity contribution in [3.05, 3.63) is 27.8 Å². The highest BCUT2D eigenvalue weighted by molar-refractivity contribution is 6.35. The first-order valence-corrected chi connectivity index (χ1v) is 4.50. The van der Waals surface area contributed by atoms with Gasteiger partial charge in [-0.3, -0.25) is 4.79 Å². The van der Waals surface area contributed by atoms with E-state index >= 15 is 0 Å². The first kappa shape index (κ1) is 9.15. The zero-order valence-corrected chi connectivity index (χ0v) is 8.67. The molecule has 0 fully saturated rings. The molecule has 2 aromatic heterocycles. The number of hydrogen-bond donors (Lipinski definition) is 1. The van der Waals surface area contributed by atoms with Crippen molar-refractivity contribution in [3.63, 3.8) is 0 Å². The lowest BCUT2D eigenvalue weighted by molar-refractivity contribution is 0.869. The van der Waals surface area contributed by atoms with Gasteiger partial charge in [-0.2, -0.15) is 0 Å². The van der Waals surface area contributed by atoms with E-state index in [2.05, 4.69) is 0 Å². The van der Waals surface area contributed by atoms with Crippen LogP contribution in [0.25, 0.3) is 10.9 Å². The monoisotopic (exact) mass is 211 g/mol. The molecular weight excluding hydrogens is 202 g/mol. The van der Waals surface area contributed by atoms with Gasteiger partial charge in [0.1, 0.15) is 0 Å². The van der Waals surface area contributed by atoms with E-state index in [0.717, 1.165) is 0 Å². The smallest absolute Gasteiger partial charge is 0.261 e. The molecule has 0 aliphatic rings. The minimum Gasteiger partial charge on any atom is -0.397 e. The Kier molecular flexibility index (Phi) is 1.82. The largest absolute Gasteiger partial charge is 0.397 e. The lowest BCUT2D eigenvalue weighted by Gasteiger charge is -2.02. The van der Waals surface area contributed by atoms with Crippen molar-refractivity contribution < 1.29 is 0 Å². The van der Waals surface area contributed by atoms with Gasteiger partial charge < -0.3 is 14.9 Å². The van der Waals surface area contributed by atoms with Crippen LogP contribution in [0.3, 0.4) is 0 Å². The predicted octanol–water partition coefficient (Wildman–Crippen LogP) is 1.11. The number of hydrogen-bond acceptors (Lipinski definition) is 2. The second kappa shape index (κ2) is 2.78. The summed E-state index contributed by atoms with van der Waals surface area (Å²) in [4.78, 5) is 11.7. The van der Waals surface area contributed by atoms with Crippen molar-refractivity contribution in [1.29, 1.82) is 0 Å². The molecule has 14 heavy (non-hydrogen) atoms. The first-order chi connectivity index (χ1) is 6.52. The summed E-state index contributed by atoms with van der Waals surface area (Å²) >= 11 is 6.02. The zero-order chi connectivity index (χ0) is 10.5. The van der Waals surface area contributed by atoms with Crippen LogP contribution in [0.1, 0.15) is 0 Å². The molecule has 5 heteroatoms. The van der Waals surface area contributed by atoms with Gasteiger partial charge in [0.2, 0.25) is 0 Å². The van der Waals surface area contributed by atoms with Crippen LogP contribution in [0, 0.1) is 0 Å². The highest BCUT2D eigenvalue weighted by Gasteiger charge is 2.12. The number of halogens is 1. The summed E-state index contributed by atoms with van der Waals surface area (Å²) in [6.45, 7) is 0. The van der Waals surface area contributed by atoms with E-state index < -0.39 is 0 Å². The fourth-order valence-corrected chi connectivity index (χ4v) is 2.00. The molecule has 2 N–H and O–H groups in total. The molecule has 0 aliphatic heterocycles. The highest BCUT2D eigenvalue weighted by atomic mass is 35.5. The Morgan fingerprint density at radius 1 is 1.29 bits per heavy atom. The summed E-state index contributed by atoms with van der Waals surface area (Å²) in [5.41, 5.74) is 6.75. The van der Waals surface area contributed by atoms with E-state index in [1.807, 2.05) is 7.05 Å². The Morgan fingerprint density at radius 3 is 2.57 bits per heavy atom. The summed E-state index contributed by atoms with van der Waals surface area (Å²) < 4.78 is 3.19. The third-order valence-corrected chi connectivity index (χ3v) is 2.55. The van der Waals surface area contributed by atoms with E-state index in [9.17, 15) is 4.79 Å². The normalized spacial score (nSPS) is 11.1. The number of anilines is 1. The maximum atomic E-state index is 11.7. The number of nitrogens with two attached hydrogens (primary N) is 1. The molecule has 74 valence electrons. The van der Waals surface area contributed by atoms with Crippen LogP contribution in [0.5, 0.6) is 0 Å². The van der Waals surface area contributed by atoms with E-state index in [4.69, 9.17) is 17.3 Å². The molecule has 2 rings (SSSR count). The Hall–Kier alpha value is -1.42. The molecule has 0 spiro atoms. The molecule has 0 unspecified atom stereocenters. The Morgan fingerprint density at radius 2 is 1.93 bits per heavy atom. The van der Waals surface area contributed by atoms with Crippen LogP contribution in [-0.2, 0) is 14.1 Å². The van der Waals surface area contributed by atoms with Crippen LogP contribution >= 0.6 is 11.6 Å². The number of aryl methyl sites for hydroxylation is 2. The molecule has 2 aromatic rings. The average Bonchev–Trinajstić information content (AvgIpc) is 2.38. The van der Waals surface area contributed by atoms with Crippen LogP contribution in [0.2, 0.25) is 5.02 Å². The maximum absolute atomic E-state index is 11.7. The molecule has 0 radical (unpaired) electrons. The number of nitrogen functional groups attached to an aromatic ring is 1. The van der Waals surface area contributed by atoms with Gasteiger partial charge in [0, 0.05) is 26.5 Å². The molecular formula is C9H10ClN3O. The fourth-order valence-electron chi connectivity index (χ4n) is 1.63. The molecule has 0 saturated heterocycles. The molecule has 0 saturated carbocycles. The number of pyridine rings is 1. The second-order valence-electron chi connectivity index (χ2n) is 3.31. The molecule has 0 atom stereocenters. The topological polar surface area (TPSA) is 52.9 Å². The molecule has 0 aromatic carbocycles. The third-order valence-electron chi connectivity index (χ3n) is 2.28. The Bertz CT molecular complexity index is 567. The minimum absolute atomic E-state index is 0.123. The van der Waals surface area contributed by atoms with Gasteiger partial charge >= 0.3 is 0 Å². The number of aromatic nitrogens is 2. The van der Waals surface area contributed by atoms with Gasteiger partial charge in [0.05, 0.1) is 21.6 Å². The highest BCUT2D eigenvalue weighted by Crippen LogP contribution is 2.25. The number of fused-ring (bicyclic) bond motifs is 1. The summed E-state index contributed by atoms with van der Waals surface area (Å²) in [7, 11) is 3.46. The fraction of sp³-hybridized carbons (Fsp3) is 0.222. The van der Waals surface area contributed by atoms with Crippen molar-refractivity contribution in [3.8, 4) is 0 Å². The Balaban J connectivity index is 3.13. The average molecular weight is 212 g/mol. The standard InChI is InChI=1S/C9H10ClN3O/c1-12-4-6(11)7-8(12)5(10)3-13(2)9(7)14/h3-4H,11H2,1-2H3. The van der Waals surface area contributed by atoms with Crippen LogP contribution < -0.4 is 11.3 Å². The maximum Gasteiger partial charge on any atom is 0.261 e. The van der Waals surface area contributed by atoms with E-state index in [1.165, 1.54) is 4.57 Å². The van der Waals surface area contributed by atoms with Crippen molar-refractivity contribution in [2.24, 2.45) is 14.1 Å². The third kappa shape index (κ3) is 1.04. The van der Waals surface area contributed by atoms with Crippen LogP contribution in [-0.4, -0.2) is 9.13 Å². The predicted molar refractivity (Wildman–Crippen MR) is 57.6 cm³/mol. The van der Waals surface area contributed by atoms with Crippen molar-refractivity contribution >= 4 is 28.2 Å². The molecule has 2 heterocycles. The van der Waals surface area contributed by atoms with Gasteiger partial charge in [-0.25, -0.2) is 0 Å². The molecule has 0 amide bonds. The SMILES string of the molecule is Cn1cc(Cl)c2c(c(N)cn2C)c1=O. The summed E-state index contributed by atoms with van der Waals surface area (Å²) in [6, 6.07) is 0. The minimum atomic E-state index is -0.123. The van der Waals surface area contributed by atoms with Crippen molar-refractivity contribution in [2.75, 3.05) is 5.73 Å². The van der Waals surface area contributed by atoms with Gasteiger partial charge in [-0.15, -0.1) is 0 Å². The summed E-state index contributed by atoms with van der Waals surface area (Å²) in [6.07, 6.45) is 3.28. The number of nitrogens with zero attached hydrogens (tertiary/aromatic N) is 2. The molecule has 0 bridgehead atoms.